The van der Waals surface area contributed by atoms with Crippen LogP contribution in [0.25, 0.3) is 0 Å². The highest BCUT2D eigenvalue weighted by Gasteiger charge is 2.26. The van der Waals surface area contributed by atoms with Crippen LogP contribution in [0.1, 0.15) is 38.8 Å². The minimum Gasteiger partial charge on any atom is -0.314 e. The van der Waals surface area contributed by atoms with Crippen LogP contribution in [0.2, 0.25) is 0 Å². The van der Waals surface area contributed by atoms with Gasteiger partial charge in [-0.3, -0.25) is 4.90 Å². The van der Waals surface area contributed by atoms with Crippen LogP contribution in [0.3, 0.4) is 0 Å². The zero-order valence-corrected chi connectivity index (χ0v) is 14.8. The van der Waals surface area contributed by atoms with Gasteiger partial charge in [-0.25, -0.2) is 0 Å². The summed E-state index contributed by atoms with van der Waals surface area (Å²) < 4.78 is 0.403. The van der Waals surface area contributed by atoms with Crippen molar-refractivity contribution in [3.05, 3.63) is 35.4 Å². The van der Waals surface area contributed by atoms with Gasteiger partial charge >= 0.3 is 0 Å². The fraction of sp³-hybridized carbons (Fsp3) is 0.667. The molecular formula is C18H30N2S. The molecule has 0 radical (unpaired) electrons. The molecule has 0 amide bonds. The summed E-state index contributed by atoms with van der Waals surface area (Å²) >= 11 is 2.10. The highest BCUT2D eigenvalue weighted by atomic mass is 32.2. The van der Waals surface area contributed by atoms with Crippen LogP contribution < -0.4 is 5.32 Å². The molecule has 0 bridgehead atoms. The topological polar surface area (TPSA) is 15.3 Å². The number of benzene rings is 1. The lowest BCUT2D eigenvalue weighted by atomic mass is 10.1. The third-order valence-corrected chi connectivity index (χ3v) is 5.20. The largest absolute Gasteiger partial charge is 0.314 e. The minimum atomic E-state index is 0.403. The molecule has 1 aliphatic heterocycles. The molecule has 0 spiro atoms. The Morgan fingerprint density at radius 1 is 1.19 bits per heavy atom. The van der Waals surface area contributed by atoms with Gasteiger partial charge in [0.15, 0.2) is 0 Å². The van der Waals surface area contributed by atoms with E-state index in [1.807, 2.05) is 0 Å². The van der Waals surface area contributed by atoms with Gasteiger partial charge in [-0.15, -0.1) is 0 Å². The normalized spacial score (nSPS) is 19.1. The van der Waals surface area contributed by atoms with Gasteiger partial charge in [-0.2, -0.15) is 11.8 Å². The van der Waals surface area contributed by atoms with E-state index in [1.54, 1.807) is 0 Å². The van der Waals surface area contributed by atoms with Gasteiger partial charge in [0.2, 0.25) is 0 Å². The van der Waals surface area contributed by atoms with Crippen molar-refractivity contribution in [1.29, 1.82) is 0 Å². The Hall–Kier alpha value is -0.510. The number of thioether (sulfide) groups is 1. The molecule has 2 rings (SSSR count). The van der Waals surface area contributed by atoms with Crippen molar-refractivity contribution in [2.45, 2.75) is 51.4 Å². The number of nitrogens with zero attached hydrogens (tertiary/aromatic N) is 1. The van der Waals surface area contributed by atoms with E-state index in [1.165, 1.54) is 30.0 Å². The molecule has 0 unspecified atom stereocenters. The highest BCUT2D eigenvalue weighted by Crippen LogP contribution is 2.30. The number of hydrogen-bond acceptors (Lipinski definition) is 3. The first-order valence-corrected chi connectivity index (χ1v) is 9.11. The van der Waals surface area contributed by atoms with E-state index in [0.717, 1.165) is 19.5 Å². The lowest BCUT2D eigenvalue weighted by Gasteiger charge is -2.37. The van der Waals surface area contributed by atoms with Crippen molar-refractivity contribution in [2.24, 2.45) is 0 Å². The van der Waals surface area contributed by atoms with E-state index >= 15 is 0 Å². The maximum absolute atomic E-state index is 3.47. The maximum atomic E-state index is 3.47. The monoisotopic (exact) mass is 306 g/mol. The lowest BCUT2D eigenvalue weighted by Crippen LogP contribution is -2.42. The van der Waals surface area contributed by atoms with Crippen LogP contribution in [-0.4, -0.2) is 41.1 Å². The standard InChI is InChI=1S/C18H30N2S/c1-15(2)19-10-9-16-5-7-17(8-6-16)13-20-11-12-21-18(3,4)14-20/h5-8,15,19H,9-14H2,1-4H3. The molecule has 0 saturated carbocycles. The average molecular weight is 307 g/mol. The zero-order valence-electron chi connectivity index (χ0n) is 14.0. The summed E-state index contributed by atoms with van der Waals surface area (Å²) in [6.45, 7) is 13.7. The van der Waals surface area contributed by atoms with Crippen LogP contribution in [0.4, 0.5) is 0 Å². The summed E-state index contributed by atoms with van der Waals surface area (Å²) in [5, 5.41) is 3.47. The van der Waals surface area contributed by atoms with Crippen molar-refractivity contribution >= 4 is 11.8 Å². The number of hydrogen-bond donors (Lipinski definition) is 1. The van der Waals surface area contributed by atoms with E-state index in [0.29, 0.717) is 10.8 Å². The second-order valence-electron chi connectivity index (χ2n) is 6.99. The second-order valence-corrected chi connectivity index (χ2v) is 8.80. The van der Waals surface area contributed by atoms with Crippen molar-refractivity contribution in [3.8, 4) is 0 Å². The van der Waals surface area contributed by atoms with Gasteiger partial charge in [0, 0.05) is 36.2 Å². The molecule has 0 aliphatic carbocycles. The van der Waals surface area contributed by atoms with E-state index in [-0.39, 0.29) is 0 Å². The van der Waals surface area contributed by atoms with Crippen molar-refractivity contribution < 1.29 is 0 Å². The first-order chi connectivity index (χ1) is 9.94. The Balaban J connectivity index is 1.82. The van der Waals surface area contributed by atoms with E-state index in [4.69, 9.17) is 0 Å². The van der Waals surface area contributed by atoms with Crippen LogP contribution in [-0.2, 0) is 13.0 Å². The molecule has 2 nitrogen and oxygen atoms in total. The lowest BCUT2D eigenvalue weighted by molar-refractivity contribution is 0.252. The van der Waals surface area contributed by atoms with Gasteiger partial charge in [0.05, 0.1) is 0 Å². The van der Waals surface area contributed by atoms with E-state index in [9.17, 15) is 0 Å². The van der Waals surface area contributed by atoms with Gasteiger partial charge in [0.25, 0.3) is 0 Å². The second kappa shape index (κ2) is 7.66. The van der Waals surface area contributed by atoms with Gasteiger partial charge in [-0.1, -0.05) is 38.1 Å². The fourth-order valence-corrected chi connectivity index (χ4v) is 4.00. The smallest absolute Gasteiger partial charge is 0.0234 e. The Labute approximate surface area is 134 Å². The predicted molar refractivity (Wildman–Crippen MR) is 95.1 cm³/mol. The summed E-state index contributed by atoms with van der Waals surface area (Å²) in [5.74, 6) is 1.26. The SMILES string of the molecule is CC(C)NCCc1ccc(CN2CCSC(C)(C)C2)cc1. The Morgan fingerprint density at radius 2 is 1.86 bits per heavy atom. The molecule has 1 aliphatic rings. The third-order valence-electron chi connectivity index (χ3n) is 3.90. The van der Waals surface area contributed by atoms with E-state index in [2.05, 4.69) is 73.9 Å². The van der Waals surface area contributed by atoms with E-state index < -0.39 is 0 Å². The highest BCUT2D eigenvalue weighted by molar-refractivity contribution is 8.00. The molecule has 21 heavy (non-hydrogen) atoms. The van der Waals surface area contributed by atoms with Gasteiger partial charge < -0.3 is 5.32 Å². The molecule has 1 aromatic rings. The first kappa shape index (κ1) is 16.9. The molecule has 3 heteroatoms. The Bertz CT molecular complexity index is 425. The summed E-state index contributed by atoms with van der Waals surface area (Å²) in [6.07, 6.45) is 1.12. The molecule has 1 heterocycles. The maximum Gasteiger partial charge on any atom is 0.0234 e. The number of nitrogens with one attached hydrogen (secondary N) is 1. The van der Waals surface area contributed by atoms with Gasteiger partial charge in [-0.05, 0) is 37.9 Å². The molecule has 1 saturated heterocycles. The molecule has 0 atom stereocenters. The van der Waals surface area contributed by atoms with Gasteiger partial charge in [0.1, 0.15) is 0 Å². The minimum absolute atomic E-state index is 0.403. The van der Waals surface area contributed by atoms with Crippen LogP contribution in [0.5, 0.6) is 0 Å². The first-order valence-electron chi connectivity index (χ1n) is 8.12. The molecular weight excluding hydrogens is 276 g/mol. The average Bonchev–Trinajstić information content (AvgIpc) is 2.39. The van der Waals surface area contributed by atoms with Crippen molar-refractivity contribution in [3.63, 3.8) is 0 Å². The van der Waals surface area contributed by atoms with Crippen molar-refractivity contribution in [2.75, 3.05) is 25.4 Å². The fourth-order valence-electron chi connectivity index (χ4n) is 2.82. The Morgan fingerprint density at radius 3 is 2.48 bits per heavy atom. The predicted octanol–water partition coefficient (Wildman–Crippen LogP) is 3.55. The van der Waals surface area contributed by atoms with Crippen LogP contribution >= 0.6 is 11.8 Å². The Kier molecular flexibility index (Phi) is 6.15. The zero-order chi connectivity index (χ0) is 15.3. The summed E-state index contributed by atoms with van der Waals surface area (Å²) in [4.78, 5) is 2.59. The van der Waals surface area contributed by atoms with Crippen molar-refractivity contribution in [1.82, 2.24) is 10.2 Å². The summed E-state index contributed by atoms with van der Waals surface area (Å²) in [5.41, 5.74) is 2.87. The summed E-state index contributed by atoms with van der Waals surface area (Å²) in [6, 6.07) is 9.77. The molecule has 1 aromatic carbocycles. The third kappa shape index (κ3) is 6.01. The molecule has 1 fully saturated rings. The summed E-state index contributed by atoms with van der Waals surface area (Å²) in [7, 11) is 0. The molecule has 118 valence electrons. The van der Waals surface area contributed by atoms with Crippen LogP contribution in [0.15, 0.2) is 24.3 Å². The molecule has 0 aromatic heterocycles. The number of rotatable bonds is 6. The quantitative estimate of drug-likeness (QED) is 0.865. The molecule has 1 N–H and O–H groups in total. The van der Waals surface area contributed by atoms with Crippen LogP contribution in [0, 0.1) is 0 Å².